The lowest BCUT2D eigenvalue weighted by Crippen LogP contribution is -2.31. The van der Waals surface area contributed by atoms with E-state index in [1.165, 1.54) is 0 Å². The Morgan fingerprint density at radius 2 is 1.88 bits per heavy atom. The summed E-state index contributed by atoms with van der Waals surface area (Å²) in [5.74, 6) is -1.02. The lowest BCUT2D eigenvalue weighted by molar-refractivity contribution is -0.137. The van der Waals surface area contributed by atoms with Crippen LogP contribution in [-0.4, -0.2) is 63.8 Å². The Labute approximate surface area is 204 Å². The first-order chi connectivity index (χ1) is 16.2. The molecule has 0 bridgehead atoms. The van der Waals surface area contributed by atoms with Crippen molar-refractivity contribution in [3.05, 3.63) is 36.5 Å². The number of hydrogen-bond donors (Lipinski definition) is 8. The molecule has 1 saturated carbocycles. The third kappa shape index (κ3) is 16.4. The van der Waals surface area contributed by atoms with Crippen LogP contribution in [0.15, 0.2) is 36.5 Å². The maximum absolute atomic E-state index is 10.5. The first kappa shape index (κ1) is 31.8. The summed E-state index contributed by atoms with van der Waals surface area (Å²) in [5.41, 5.74) is 10.2. The van der Waals surface area contributed by atoms with Crippen LogP contribution in [-0.2, 0) is 4.79 Å². The van der Waals surface area contributed by atoms with Crippen LogP contribution in [0, 0.1) is 17.2 Å². The van der Waals surface area contributed by atoms with E-state index in [0.717, 1.165) is 25.8 Å². The monoisotopic (exact) mass is 482 g/mol. The molecule has 10 N–H and O–H groups in total. The van der Waals surface area contributed by atoms with Crippen molar-refractivity contribution in [2.75, 3.05) is 13.1 Å². The van der Waals surface area contributed by atoms with E-state index in [1.807, 2.05) is 37.3 Å². The van der Waals surface area contributed by atoms with Gasteiger partial charge in [0.15, 0.2) is 5.96 Å². The molecule has 1 aliphatic rings. The molecule has 0 aromatic heterocycles. The second-order valence-corrected chi connectivity index (χ2v) is 8.51. The molecule has 0 radical (unpaired) electrons. The summed E-state index contributed by atoms with van der Waals surface area (Å²) in [7, 11) is 0. The standard InChI is InChI=1S/C20H32O5.C5H14N4/c1-2-3-6-9-15(21)12-13-17-16(18(22)14-19(17)23)10-7-4-5-8-11-20(24)25;6-3-1-2-4-9-5(7)8/h3-4,6-7,12-13,15-19,21-23H,2,5,8-11,14H2,1H3,(H,24,25);1-4,6H2,(H4,7,8,9)/b6-3-,7-4-,13-12+;/t15-,16+,17+,18-,19+;/m0./s1. The summed E-state index contributed by atoms with van der Waals surface area (Å²) in [6.45, 7) is 3.50. The number of allylic oxidation sites excluding steroid dienone is 3. The number of nitrogens with two attached hydrogens (primary N) is 2. The number of nitrogens with one attached hydrogen (secondary N) is 2. The molecule has 9 nitrogen and oxygen atoms in total. The fraction of sp³-hybridized carbons (Fsp3) is 0.680. The molecule has 1 fully saturated rings. The molecule has 0 unspecified atom stereocenters. The van der Waals surface area contributed by atoms with Gasteiger partial charge in [-0.25, -0.2) is 0 Å². The van der Waals surface area contributed by atoms with Crippen molar-refractivity contribution < 1.29 is 25.2 Å². The Morgan fingerprint density at radius 3 is 2.50 bits per heavy atom. The number of carboxylic acid groups (broad SMARTS) is 1. The van der Waals surface area contributed by atoms with Crippen molar-refractivity contribution in [1.29, 1.82) is 5.41 Å². The zero-order valence-corrected chi connectivity index (χ0v) is 20.5. The normalized spacial score (nSPS) is 23.3. The van der Waals surface area contributed by atoms with Gasteiger partial charge in [-0.15, -0.1) is 0 Å². The van der Waals surface area contributed by atoms with Crippen LogP contribution >= 0.6 is 0 Å². The molecular weight excluding hydrogens is 436 g/mol. The minimum absolute atomic E-state index is 0.0343. The quantitative estimate of drug-likeness (QED) is 0.0753. The predicted octanol–water partition coefficient (Wildman–Crippen LogP) is 2.03. The number of aliphatic carboxylic acids is 1. The highest BCUT2D eigenvalue weighted by atomic mass is 16.4. The van der Waals surface area contributed by atoms with Crippen LogP contribution in [0.2, 0.25) is 0 Å². The molecule has 196 valence electrons. The van der Waals surface area contributed by atoms with E-state index in [0.29, 0.717) is 38.6 Å². The smallest absolute Gasteiger partial charge is 0.303 e. The molecule has 5 atom stereocenters. The summed E-state index contributed by atoms with van der Waals surface area (Å²) < 4.78 is 0. The lowest BCUT2D eigenvalue weighted by Gasteiger charge is -2.19. The number of guanidine groups is 1. The van der Waals surface area contributed by atoms with E-state index in [1.54, 1.807) is 6.08 Å². The Balaban J connectivity index is 0.00000102. The topological polar surface area (TPSA) is 186 Å². The largest absolute Gasteiger partial charge is 0.481 e. The van der Waals surface area contributed by atoms with Crippen molar-refractivity contribution in [2.45, 2.75) is 83.0 Å². The van der Waals surface area contributed by atoms with Crippen molar-refractivity contribution in [1.82, 2.24) is 5.32 Å². The van der Waals surface area contributed by atoms with E-state index in [9.17, 15) is 20.1 Å². The fourth-order valence-electron chi connectivity index (χ4n) is 3.68. The van der Waals surface area contributed by atoms with Crippen LogP contribution < -0.4 is 16.8 Å². The van der Waals surface area contributed by atoms with Crippen molar-refractivity contribution >= 4 is 11.9 Å². The Hall–Kier alpha value is -2.20. The molecule has 0 aromatic rings. The van der Waals surface area contributed by atoms with Gasteiger partial charge in [-0.05, 0) is 57.4 Å². The second-order valence-electron chi connectivity index (χ2n) is 8.51. The Kier molecular flexibility index (Phi) is 18.9. The molecule has 0 saturated heterocycles. The molecule has 1 rings (SSSR count). The average molecular weight is 483 g/mol. The van der Waals surface area contributed by atoms with E-state index in [4.69, 9.17) is 22.0 Å². The van der Waals surface area contributed by atoms with Gasteiger partial charge < -0.3 is 37.2 Å². The number of rotatable bonds is 15. The summed E-state index contributed by atoms with van der Waals surface area (Å²) in [5, 5.41) is 48.3. The summed E-state index contributed by atoms with van der Waals surface area (Å²) in [6.07, 6.45) is 15.5. The maximum atomic E-state index is 10.5. The molecule has 0 heterocycles. The highest BCUT2D eigenvalue weighted by Gasteiger charge is 2.39. The zero-order valence-electron chi connectivity index (χ0n) is 20.5. The number of carbonyl (C=O) groups is 1. The van der Waals surface area contributed by atoms with Gasteiger partial charge in [-0.1, -0.05) is 43.4 Å². The molecule has 9 heteroatoms. The molecule has 0 aromatic carbocycles. The van der Waals surface area contributed by atoms with Gasteiger partial charge in [0, 0.05) is 25.3 Å². The zero-order chi connectivity index (χ0) is 25.8. The maximum Gasteiger partial charge on any atom is 0.303 e. The molecule has 0 aliphatic heterocycles. The van der Waals surface area contributed by atoms with Crippen molar-refractivity contribution in [2.24, 2.45) is 23.3 Å². The van der Waals surface area contributed by atoms with Crippen LogP contribution in [0.1, 0.15) is 64.7 Å². The summed E-state index contributed by atoms with van der Waals surface area (Å²) in [6, 6.07) is 0. The minimum atomic E-state index is -0.791. The van der Waals surface area contributed by atoms with Gasteiger partial charge in [0.25, 0.3) is 0 Å². The van der Waals surface area contributed by atoms with Crippen LogP contribution in [0.4, 0.5) is 0 Å². The van der Waals surface area contributed by atoms with Gasteiger partial charge in [0.1, 0.15) is 0 Å². The van der Waals surface area contributed by atoms with Crippen LogP contribution in [0.3, 0.4) is 0 Å². The van der Waals surface area contributed by atoms with Gasteiger partial charge in [-0.3, -0.25) is 10.2 Å². The molecule has 0 spiro atoms. The Bertz CT molecular complexity index is 639. The van der Waals surface area contributed by atoms with Crippen molar-refractivity contribution in [3.63, 3.8) is 0 Å². The number of aliphatic hydroxyl groups is 3. The molecular formula is C25H46N4O5. The number of unbranched alkanes of at least 4 members (excludes halogenated alkanes) is 2. The first-order valence-corrected chi connectivity index (χ1v) is 12.2. The van der Waals surface area contributed by atoms with Gasteiger partial charge >= 0.3 is 5.97 Å². The van der Waals surface area contributed by atoms with Crippen molar-refractivity contribution in [3.8, 4) is 0 Å². The van der Waals surface area contributed by atoms with Crippen LogP contribution in [0.25, 0.3) is 0 Å². The second kappa shape index (κ2) is 20.2. The van der Waals surface area contributed by atoms with Gasteiger partial charge in [0.2, 0.25) is 0 Å². The lowest BCUT2D eigenvalue weighted by atomic mass is 9.89. The Morgan fingerprint density at radius 1 is 1.15 bits per heavy atom. The number of aliphatic hydroxyl groups excluding tert-OH is 3. The number of carboxylic acids is 1. The molecule has 1 aliphatic carbocycles. The predicted molar refractivity (Wildman–Crippen MR) is 136 cm³/mol. The third-order valence-corrected chi connectivity index (χ3v) is 5.53. The van der Waals surface area contributed by atoms with Gasteiger partial charge in [0.05, 0.1) is 18.3 Å². The highest BCUT2D eigenvalue weighted by molar-refractivity contribution is 5.74. The fourth-order valence-corrected chi connectivity index (χ4v) is 3.68. The van der Waals surface area contributed by atoms with Crippen LogP contribution in [0.5, 0.6) is 0 Å². The third-order valence-electron chi connectivity index (χ3n) is 5.53. The minimum Gasteiger partial charge on any atom is -0.481 e. The molecule has 0 amide bonds. The van der Waals surface area contributed by atoms with E-state index >= 15 is 0 Å². The highest BCUT2D eigenvalue weighted by Crippen LogP contribution is 2.36. The van der Waals surface area contributed by atoms with E-state index < -0.39 is 24.3 Å². The summed E-state index contributed by atoms with van der Waals surface area (Å²) >= 11 is 0. The number of hydrogen-bond acceptors (Lipinski definition) is 6. The van der Waals surface area contributed by atoms with E-state index in [-0.39, 0.29) is 24.2 Å². The van der Waals surface area contributed by atoms with Gasteiger partial charge in [-0.2, -0.15) is 0 Å². The average Bonchev–Trinajstić information content (AvgIpc) is 3.04. The SMILES string of the molecule is CC/C=C\C[C@H](O)/C=C/[C@@H]1[C@@H](C/C=C\CCCC(=O)O)[C@@H](O)C[C@H]1O.N=C(N)NCCCCN. The first-order valence-electron chi connectivity index (χ1n) is 12.2. The summed E-state index contributed by atoms with van der Waals surface area (Å²) in [4.78, 5) is 10.5. The van der Waals surface area contributed by atoms with E-state index in [2.05, 4.69) is 5.32 Å². The molecule has 34 heavy (non-hydrogen) atoms.